The number of Topliss-reactive ketones (excluding diaryl/α,β-unsaturated/α-hetero) is 2. The van der Waals surface area contributed by atoms with Gasteiger partial charge in [0.1, 0.15) is 5.78 Å². The molecule has 21 heavy (non-hydrogen) atoms. The number of carbonyl (C=O) groups is 2. The molecule has 1 saturated carbocycles. The van der Waals surface area contributed by atoms with Crippen molar-refractivity contribution >= 4 is 11.6 Å². The van der Waals surface area contributed by atoms with Crippen LogP contribution in [0.15, 0.2) is 23.3 Å². The van der Waals surface area contributed by atoms with E-state index in [4.69, 9.17) is 0 Å². The second kappa shape index (κ2) is 6.29. The van der Waals surface area contributed by atoms with E-state index in [1.54, 1.807) is 0 Å². The summed E-state index contributed by atoms with van der Waals surface area (Å²) < 4.78 is 0. The normalized spacial score (nSPS) is 30.9. The van der Waals surface area contributed by atoms with Crippen molar-refractivity contribution in [3.05, 3.63) is 23.3 Å². The molecular formula is C19H28O2. The summed E-state index contributed by atoms with van der Waals surface area (Å²) in [6.07, 6.45) is 9.06. The maximum absolute atomic E-state index is 12.2. The van der Waals surface area contributed by atoms with Crippen LogP contribution in [0.25, 0.3) is 0 Å². The van der Waals surface area contributed by atoms with E-state index in [0.717, 1.165) is 24.0 Å². The first-order valence-corrected chi connectivity index (χ1v) is 8.21. The van der Waals surface area contributed by atoms with E-state index in [0.29, 0.717) is 42.3 Å². The van der Waals surface area contributed by atoms with Gasteiger partial charge in [-0.15, -0.1) is 0 Å². The zero-order chi connectivity index (χ0) is 15.6. The fourth-order valence-electron chi connectivity index (χ4n) is 3.62. The zero-order valence-corrected chi connectivity index (χ0v) is 13.9. The molecule has 0 radical (unpaired) electrons. The summed E-state index contributed by atoms with van der Waals surface area (Å²) in [5.41, 5.74) is 2.24. The van der Waals surface area contributed by atoms with Crippen molar-refractivity contribution in [3.63, 3.8) is 0 Å². The second-order valence-corrected chi connectivity index (χ2v) is 7.44. The van der Waals surface area contributed by atoms with Gasteiger partial charge in [-0.1, -0.05) is 38.0 Å². The van der Waals surface area contributed by atoms with Gasteiger partial charge in [0.25, 0.3) is 0 Å². The number of carbonyl (C=O) groups excluding carboxylic acids is 2. The first-order chi connectivity index (χ1) is 9.82. The van der Waals surface area contributed by atoms with Gasteiger partial charge in [0, 0.05) is 19.3 Å². The SMILES string of the molecule is CC1=CCC(=O)C(C)=CC2C(CCCCC(=O)C1)C2(C)C. The molecule has 0 saturated heterocycles. The highest BCUT2D eigenvalue weighted by Crippen LogP contribution is 2.61. The van der Waals surface area contributed by atoms with Gasteiger partial charge in [0.05, 0.1) is 0 Å². The third-order valence-corrected chi connectivity index (χ3v) is 5.34. The molecule has 0 amide bonds. The van der Waals surface area contributed by atoms with Gasteiger partial charge in [0.15, 0.2) is 5.78 Å². The summed E-state index contributed by atoms with van der Waals surface area (Å²) in [6, 6.07) is 0. The van der Waals surface area contributed by atoms with Crippen LogP contribution in [0, 0.1) is 17.3 Å². The molecule has 2 aliphatic carbocycles. The van der Waals surface area contributed by atoms with Gasteiger partial charge >= 0.3 is 0 Å². The minimum atomic E-state index is 0.195. The van der Waals surface area contributed by atoms with Crippen LogP contribution in [0.2, 0.25) is 0 Å². The summed E-state index contributed by atoms with van der Waals surface area (Å²) >= 11 is 0. The number of allylic oxidation sites excluding steroid dienone is 4. The molecule has 2 unspecified atom stereocenters. The second-order valence-electron chi connectivity index (χ2n) is 7.44. The van der Waals surface area contributed by atoms with Gasteiger partial charge < -0.3 is 0 Å². The molecule has 0 aromatic heterocycles. The predicted molar refractivity (Wildman–Crippen MR) is 86.0 cm³/mol. The standard InChI is InChI=1S/C19H28O2/c1-13-9-10-18(21)14(2)12-17-16(19(17,3)4)8-6-5-7-15(20)11-13/h9,12,16-17H,5-8,10-11H2,1-4H3. The predicted octanol–water partition coefficient (Wildman–Crippen LogP) is 4.64. The van der Waals surface area contributed by atoms with E-state index in [1.165, 1.54) is 6.42 Å². The Morgan fingerprint density at radius 3 is 2.57 bits per heavy atom. The molecule has 0 aliphatic heterocycles. The number of ketones is 2. The fourth-order valence-corrected chi connectivity index (χ4v) is 3.62. The van der Waals surface area contributed by atoms with Crippen LogP contribution in [0.3, 0.4) is 0 Å². The Bertz CT molecular complexity index is 494. The molecule has 2 aliphatic rings. The van der Waals surface area contributed by atoms with Crippen molar-refractivity contribution in [2.75, 3.05) is 0 Å². The quantitative estimate of drug-likeness (QED) is 0.608. The van der Waals surface area contributed by atoms with E-state index in [9.17, 15) is 9.59 Å². The van der Waals surface area contributed by atoms with Gasteiger partial charge in [0.2, 0.25) is 0 Å². The van der Waals surface area contributed by atoms with Crippen molar-refractivity contribution in [1.82, 2.24) is 0 Å². The number of fused-ring (bicyclic) bond motifs is 1. The zero-order valence-electron chi connectivity index (χ0n) is 13.9. The maximum Gasteiger partial charge on any atom is 0.162 e. The summed E-state index contributed by atoms with van der Waals surface area (Å²) in [5.74, 6) is 1.72. The Morgan fingerprint density at radius 2 is 1.86 bits per heavy atom. The maximum atomic E-state index is 12.2. The smallest absolute Gasteiger partial charge is 0.162 e. The third kappa shape index (κ3) is 3.93. The van der Waals surface area contributed by atoms with Crippen LogP contribution >= 0.6 is 0 Å². The van der Waals surface area contributed by atoms with Gasteiger partial charge in [-0.3, -0.25) is 9.59 Å². The van der Waals surface area contributed by atoms with E-state index in [-0.39, 0.29) is 5.78 Å². The molecule has 1 fully saturated rings. The summed E-state index contributed by atoms with van der Waals surface area (Å²) in [4.78, 5) is 24.1. The average Bonchev–Trinajstić information content (AvgIpc) is 2.91. The summed E-state index contributed by atoms with van der Waals surface area (Å²) in [6.45, 7) is 8.48. The fraction of sp³-hybridized carbons (Fsp3) is 0.684. The van der Waals surface area contributed by atoms with Gasteiger partial charge in [-0.2, -0.15) is 0 Å². The summed E-state index contributed by atoms with van der Waals surface area (Å²) in [7, 11) is 0. The Kier molecular flexibility index (Phi) is 4.85. The molecule has 116 valence electrons. The molecule has 2 rings (SSSR count). The summed E-state index contributed by atoms with van der Waals surface area (Å²) in [5, 5.41) is 0. The molecule has 0 spiro atoms. The monoisotopic (exact) mass is 288 g/mol. The van der Waals surface area contributed by atoms with E-state index < -0.39 is 0 Å². The highest BCUT2D eigenvalue weighted by molar-refractivity contribution is 5.96. The molecule has 0 aromatic carbocycles. The first kappa shape index (κ1) is 16.2. The van der Waals surface area contributed by atoms with Crippen molar-refractivity contribution in [3.8, 4) is 0 Å². The Morgan fingerprint density at radius 1 is 1.14 bits per heavy atom. The molecule has 0 aromatic rings. The third-order valence-electron chi connectivity index (χ3n) is 5.34. The van der Waals surface area contributed by atoms with Crippen LogP contribution in [0.1, 0.15) is 66.2 Å². The average molecular weight is 288 g/mol. The van der Waals surface area contributed by atoms with Crippen molar-refractivity contribution in [2.45, 2.75) is 66.2 Å². The topological polar surface area (TPSA) is 34.1 Å². The van der Waals surface area contributed by atoms with Crippen LogP contribution in [-0.4, -0.2) is 11.6 Å². The van der Waals surface area contributed by atoms with Gasteiger partial charge in [-0.25, -0.2) is 0 Å². The van der Waals surface area contributed by atoms with Crippen molar-refractivity contribution < 1.29 is 9.59 Å². The molecule has 0 bridgehead atoms. The number of hydrogen-bond acceptors (Lipinski definition) is 2. The van der Waals surface area contributed by atoms with Gasteiger partial charge in [-0.05, 0) is 49.5 Å². The highest BCUT2D eigenvalue weighted by atomic mass is 16.1. The minimum absolute atomic E-state index is 0.195. The molecule has 0 N–H and O–H groups in total. The lowest BCUT2D eigenvalue weighted by molar-refractivity contribution is -0.118. The lowest BCUT2D eigenvalue weighted by atomic mass is 10.00. The van der Waals surface area contributed by atoms with Crippen molar-refractivity contribution in [1.29, 1.82) is 0 Å². The Labute approximate surface area is 128 Å². The van der Waals surface area contributed by atoms with Crippen LogP contribution in [0.5, 0.6) is 0 Å². The number of rotatable bonds is 0. The van der Waals surface area contributed by atoms with Crippen molar-refractivity contribution in [2.24, 2.45) is 17.3 Å². The minimum Gasteiger partial charge on any atom is -0.299 e. The van der Waals surface area contributed by atoms with Crippen LogP contribution in [0.4, 0.5) is 0 Å². The molecular weight excluding hydrogens is 260 g/mol. The molecule has 2 atom stereocenters. The van der Waals surface area contributed by atoms with Crippen LogP contribution < -0.4 is 0 Å². The van der Waals surface area contributed by atoms with E-state index in [2.05, 4.69) is 19.9 Å². The molecule has 2 heteroatoms. The van der Waals surface area contributed by atoms with E-state index >= 15 is 0 Å². The Balaban J connectivity index is 2.14. The molecule has 2 nitrogen and oxygen atoms in total. The van der Waals surface area contributed by atoms with E-state index in [1.807, 2.05) is 19.9 Å². The number of hydrogen-bond donors (Lipinski definition) is 0. The highest BCUT2D eigenvalue weighted by Gasteiger charge is 2.55. The first-order valence-electron chi connectivity index (χ1n) is 8.21. The largest absolute Gasteiger partial charge is 0.299 e. The van der Waals surface area contributed by atoms with Crippen LogP contribution in [-0.2, 0) is 9.59 Å². The Hall–Kier alpha value is -1.18. The lowest BCUT2D eigenvalue weighted by Crippen LogP contribution is -2.02. The lowest BCUT2D eigenvalue weighted by Gasteiger charge is -2.04. The molecule has 0 heterocycles.